The van der Waals surface area contributed by atoms with Gasteiger partial charge in [-0.05, 0) is 38.1 Å². The van der Waals surface area contributed by atoms with Crippen LogP contribution in [0.3, 0.4) is 0 Å². The molecule has 4 aromatic rings. The van der Waals surface area contributed by atoms with E-state index in [9.17, 15) is 4.79 Å². The summed E-state index contributed by atoms with van der Waals surface area (Å²) in [7, 11) is 0. The fraction of sp³-hybridized carbons (Fsp3) is 0.200. The molecular weight excluding hydrogens is 515 g/mol. The Labute approximate surface area is 222 Å². The van der Waals surface area contributed by atoms with Crippen molar-refractivity contribution in [2.75, 3.05) is 11.1 Å². The number of guanidine groups is 1. The molecule has 1 atom stereocenters. The number of nitrogen functional groups attached to an aromatic ring is 1. The Kier molecular flexibility index (Phi) is 6.77. The second-order valence-corrected chi connectivity index (χ2v) is 9.28. The number of hydrogen-bond donors (Lipinski definition) is 4. The van der Waals surface area contributed by atoms with Gasteiger partial charge in [0.25, 0.3) is 5.91 Å². The van der Waals surface area contributed by atoms with E-state index in [0.717, 1.165) is 12.1 Å². The maximum absolute atomic E-state index is 13.4. The molecule has 1 unspecified atom stereocenters. The fourth-order valence-electron chi connectivity index (χ4n) is 4.06. The van der Waals surface area contributed by atoms with Crippen molar-refractivity contribution in [2.24, 2.45) is 4.99 Å². The smallest absolute Gasteiger partial charge is 0.302 e. The number of nitrogens with one attached hydrogen (secondary N) is 3. The number of anilines is 2. The van der Waals surface area contributed by atoms with Gasteiger partial charge in [-0.25, -0.2) is 4.99 Å². The van der Waals surface area contributed by atoms with Crippen LogP contribution in [-0.4, -0.2) is 26.6 Å². The van der Waals surface area contributed by atoms with Crippen LogP contribution >= 0.6 is 23.2 Å². The van der Waals surface area contributed by atoms with Crippen molar-refractivity contribution in [1.82, 2.24) is 25.4 Å². The van der Waals surface area contributed by atoms with E-state index in [2.05, 4.69) is 26.0 Å². The second kappa shape index (κ2) is 10.2. The Bertz CT molecular complexity index is 1560. The lowest BCUT2D eigenvalue weighted by Crippen LogP contribution is -2.39. The molecule has 190 valence electrons. The topological polar surface area (TPSA) is 135 Å². The minimum absolute atomic E-state index is 0.203. The molecule has 0 saturated carbocycles. The van der Waals surface area contributed by atoms with E-state index in [1.165, 1.54) is 0 Å². The number of carbonyl (C=O) groups excluding carboxylic acids is 1. The van der Waals surface area contributed by atoms with E-state index < -0.39 is 6.04 Å². The Morgan fingerprint density at radius 3 is 2.84 bits per heavy atom. The van der Waals surface area contributed by atoms with Crippen molar-refractivity contribution >= 4 is 57.9 Å². The van der Waals surface area contributed by atoms with Crippen molar-refractivity contribution in [2.45, 2.75) is 33.0 Å². The molecule has 12 heteroatoms. The van der Waals surface area contributed by atoms with Gasteiger partial charge in [-0.3, -0.25) is 14.8 Å². The number of fused-ring (bicyclic) bond motifs is 1. The number of carbonyl (C=O) groups is 1. The van der Waals surface area contributed by atoms with Crippen molar-refractivity contribution in [1.29, 1.82) is 0 Å². The lowest BCUT2D eigenvalue weighted by atomic mass is 9.95. The van der Waals surface area contributed by atoms with Crippen LogP contribution in [0.5, 0.6) is 0 Å². The number of aliphatic imine (C=N–C) groups is 1. The molecule has 2 aromatic carbocycles. The number of aromatic nitrogens is 3. The summed E-state index contributed by atoms with van der Waals surface area (Å²) in [5.41, 5.74) is 10.1. The van der Waals surface area contributed by atoms with E-state index in [1.54, 1.807) is 54.2 Å². The minimum atomic E-state index is -0.721. The zero-order valence-corrected chi connectivity index (χ0v) is 21.6. The third kappa shape index (κ3) is 5.11. The third-order valence-electron chi connectivity index (χ3n) is 5.88. The summed E-state index contributed by atoms with van der Waals surface area (Å²) in [6, 6.07) is 9.90. The van der Waals surface area contributed by atoms with E-state index in [1.807, 2.05) is 13.1 Å². The number of halogens is 2. The van der Waals surface area contributed by atoms with Crippen LogP contribution < -0.4 is 21.7 Å². The third-order valence-corrected chi connectivity index (χ3v) is 6.44. The molecule has 5 N–H and O–H groups in total. The van der Waals surface area contributed by atoms with Crippen molar-refractivity contribution in [3.05, 3.63) is 81.2 Å². The van der Waals surface area contributed by atoms with Gasteiger partial charge in [-0.1, -0.05) is 35.3 Å². The van der Waals surface area contributed by atoms with Crippen molar-refractivity contribution in [3.63, 3.8) is 0 Å². The largest absolute Gasteiger partial charge is 0.421 e. The average Bonchev–Trinajstić information content (AvgIpc) is 3.49. The first-order valence-electron chi connectivity index (χ1n) is 11.5. The lowest BCUT2D eigenvalue weighted by molar-refractivity contribution is -0.118. The molecule has 37 heavy (non-hydrogen) atoms. The van der Waals surface area contributed by atoms with Gasteiger partial charge in [-0.15, -0.1) is 0 Å². The number of nitrogens with two attached hydrogens (primary N) is 1. The number of hydrogen-bond acceptors (Lipinski definition) is 8. The minimum Gasteiger partial charge on any atom is -0.421 e. The summed E-state index contributed by atoms with van der Waals surface area (Å²) < 4.78 is 7.57. The van der Waals surface area contributed by atoms with Gasteiger partial charge in [0.2, 0.25) is 5.96 Å². The summed E-state index contributed by atoms with van der Waals surface area (Å²) in [5, 5.41) is 14.3. The van der Waals surface area contributed by atoms with Gasteiger partial charge in [0.1, 0.15) is 11.6 Å². The van der Waals surface area contributed by atoms with Crippen LogP contribution in [0.25, 0.3) is 11.1 Å². The lowest BCUT2D eigenvalue weighted by Gasteiger charge is -2.27. The van der Waals surface area contributed by atoms with Crippen molar-refractivity contribution < 1.29 is 9.21 Å². The summed E-state index contributed by atoms with van der Waals surface area (Å²) in [4.78, 5) is 22.6. The van der Waals surface area contributed by atoms with Crippen LogP contribution in [0.15, 0.2) is 69.5 Å². The van der Waals surface area contributed by atoms with Crippen LogP contribution in [0.2, 0.25) is 10.0 Å². The number of nitrogens with zero attached hydrogens (tertiary/aromatic N) is 4. The van der Waals surface area contributed by atoms with Gasteiger partial charge in [0.05, 0.1) is 17.5 Å². The molecule has 0 fully saturated rings. The Morgan fingerprint density at radius 2 is 2.11 bits per heavy atom. The second-order valence-electron chi connectivity index (χ2n) is 8.44. The van der Waals surface area contributed by atoms with Crippen LogP contribution in [-0.2, 0) is 17.9 Å². The summed E-state index contributed by atoms with van der Waals surface area (Å²) in [6.45, 7) is 4.85. The number of benzene rings is 2. The first kappa shape index (κ1) is 24.7. The Hall–Kier alpha value is -4.02. The zero-order chi connectivity index (χ0) is 26.1. The summed E-state index contributed by atoms with van der Waals surface area (Å²) >= 11 is 12.7. The first-order chi connectivity index (χ1) is 17.8. The highest BCUT2D eigenvalue weighted by atomic mass is 35.5. The maximum atomic E-state index is 13.4. The highest BCUT2D eigenvalue weighted by molar-refractivity contribution is 6.35. The molecule has 2 aromatic heterocycles. The molecule has 0 saturated heterocycles. The molecule has 3 heterocycles. The predicted molar refractivity (Wildman–Crippen MR) is 144 cm³/mol. The molecule has 1 amide bonds. The normalized spacial score (nSPS) is 15.5. The van der Waals surface area contributed by atoms with Gasteiger partial charge in [0, 0.05) is 46.2 Å². The molecular formula is C25H24Cl2N8O2. The van der Waals surface area contributed by atoms with E-state index in [-0.39, 0.29) is 11.9 Å². The van der Waals surface area contributed by atoms with E-state index in [0.29, 0.717) is 56.2 Å². The van der Waals surface area contributed by atoms with Gasteiger partial charge >= 0.3 is 6.01 Å². The number of oxazole rings is 1. The average molecular weight is 539 g/mol. The molecule has 0 spiro atoms. The molecule has 10 nitrogen and oxygen atoms in total. The van der Waals surface area contributed by atoms with Crippen LogP contribution in [0.1, 0.15) is 31.0 Å². The molecule has 1 aliphatic rings. The molecule has 5 rings (SSSR count). The summed E-state index contributed by atoms with van der Waals surface area (Å²) in [5.74, 6) is 0.0436. The first-order valence-corrected chi connectivity index (χ1v) is 12.3. The highest BCUT2D eigenvalue weighted by Gasteiger charge is 2.31. The standard InChI is InChI=1S/C25H24Cl2N8O2/c1-3-35-12-14(11-30-35)10-29-23(36)20-13(2)31-24(33-21(20)16-8-7-15(26)9-17(16)27)34-25-32-19-6-4-5-18(28)22(19)37-25/h4-9,11-12,21H,3,10,28H2,1-2H3,(H,29,36)(H2,31,32,33,34). The number of amides is 1. The summed E-state index contributed by atoms with van der Waals surface area (Å²) in [6.07, 6.45) is 3.62. The van der Waals surface area contributed by atoms with Crippen LogP contribution in [0.4, 0.5) is 11.7 Å². The Morgan fingerprint density at radius 1 is 1.27 bits per heavy atom. The molecule has 1 aliphatic heterocycles. The zero-order valence-electron chi connectivity index (χ0n) is 20.0. The number of para-hydroxylation sites is 1. The SMILES string of the molecule is CCn1cc(CNC(=O)C2=C(C)NC(Nc3nc4cccc(N)c4o3)=NC2c2ccc(Cl)cc2Cl)cn1. The quantitative estimate of drug-likeness (QED) is 0.262. The van der Waals surface area contributed by atoms with Crippen LogP contribution in [0, 0.1) is 0 Å². The van der Waals surface area contributed by atoms with Gasteiger partial charge in [-0.2, -0.15) is 10.1 Å². The predicted octanol–water partition coefficient (Wildman–Crippen LogP) is 4.64. The molecule has 0 bridgehead atoms. The van der Waals surface area contributed by atoms with E-state index >= 15 is 0 Å². The van der Waals surface area contributed by atoms with Gasteiger partial charge < -0.3 is 20.8 Å². The number of aryl methyl sites for hydroxylation is 1. The monoisotopic (exact) mass is 538 g/mol. The molecule has 0 radical (unpaired) electrons. The Balaban J connectivity index is 1.45. The fourth-order valence-corrected chi connectivity index (χ4v) is 4.57. The van der Waals surface area contributed by atoms with E-state index in [4.69, 9.17) is 38.3 Å². The molecule has 0 aliphatic carbocycles. The highest BCUT2D eigenvalue weighted by Crippen LogP contribution is 2.36. The number of allylic oxidation sites excluding steroid dienone is 1. The maximum Gasteiger partial charge on any atom is 0.302 e. The van der Waals surface area contributed by atoms with Gasteiger partial charge in [0.15, 0.2) is 5.58 Å². The number of rotatable bonds is 6. The van der Waals surface area contributed by atoms with Crippen molar-refractivity contribution in [3.8, 4) is 0 Å².